The van der Waals surface area contributed by atoms with E-state index >= 15 is 0 Å². The van der Waals surface area contributed by atoms with Crippen molar-refractivity contribution in [2.24, 2.45) is 0 Å². The van der Waals surface area contributed by atoms with Gasteiger partial charge in [-0.1, -0.05) is 5.10 Å². The Hall–Kier alpha value is -3.20. The second-order valence-electron chi connectivity index (χ2n) is 6.18. The molecule has 1 aliphatic rings. The highest BCUT2D eigenvalue weighted by atomic mass is 19.1. The van der Waals surface area contributed by atoms with Crippen LogP contribution in [0.2, 0.25) is 0 Å². The number of furan rings is 1. The zero-order chi connectivity index (χ0) is 18.6. The van der Waals surface area contributed by atoms with E-state index in [1.54, 1.807) is 24.3 Å². The number of piperazine rings is 1. The van der Waals surface area contributed by atoms with Gasteiger partial charge in [-0.2, -0.15) is 0 Å². The van der Waals surface area contributed by atoms with Crippen LogP contribution in [0.3, 0.4) is 0 Å². The number of nitrogens with one attached hydrogen (secondary N) is 1. The fraction of sp³-hybridized carbons (Fsp3) is 0.278. The second-order valence-corrected chi connectivity index (χ2v) is 6.18. The highest BCUT2D eigenvalue weighted by Gasteiger charge is 2.20. The lowest BCUT2D eigenvalue weighted by Gasteiger charge is -2.35. The molecule has 9 heteroatoms. The zero-order valence-corrected chi connectivity index (χ0v) is 14.5. The van der Waals surface area contributed by atoms with Crippen LogP contribution in [0.15, 0.2) is 51.5 Å². The molecule has 140 valence electrons. The van der Waals surface area contributed by atoms with Crippen molar-refractivity contribution in [1.29, 1.82) is 0 Å². The van der Waals surface area contributed by atoms with Gasteiger partial charge >= 0.3 is 6.01 Å². The maximum atomic E-state index is 13.0. The summed E-state index contributed by atoms with van der Waals surface area (Å²) in [6.45, 7) is 3.22. The molecular weight excluding hydrogens is 353 g/mol. The lowest BCUT2D eigenvalue weighted by atomic mass is 10.2. The highest BCUT2D eigenvalue weighted by Crippen LogP contribution is 2.20. The summed E-state index contributed by atoms with van der Waals surface area (Å²) in [5.74, 6) is 0.188. The molecule has 1 saturated heterocycles. The van der Waals surface area contributed by atoms with Gasteiger partial charge in [-0.15, -0.1) is 5.10 Å². The van der Waals surface area contributed by atoms with E-state index in [1.807, 2.05) is 4.90 Å². The predicted molar refractivity (Wildman–Crippen MR) is 95.7 cm³/mol. The summed E-state index contributed by atoms with van der Waals surface area (Å²) >= 11 is 0. The molecule has 2 aromatic heterocycles. The van der Waals surface area contributed by atoms with Gasteiger partial charge in [-0.25, -0.2) is 4.39 Å². The lowest BCUT2D eigenvalue weighted by Crippen LogP contribution is -2.48. The number of benzene rings is 1. The molecule has 1 N–H and O–H groups in total. The summed E-state index contributed by atoms with van der Waals surface area (Å²) < 4.78 is 23.6. The Balaban J connectivity index is 1.26. The van der Waals surface area contributed by atoms with E-state index in [0.29, 0.717) is 5.76 Å². The third-order valence-corrected chi connectivity index (χ3v) is 4.33. The molecule has 1 aromatic carbocycles. The minimum absolute atomic E-state index is 0.0383. The van der Waals surface area contributed by atoms with Gasteiger partial charge in [0.05, 0.1) is 12.8 Å². The number of hydrogen-bond donors (Lipinski definition) is 1. The highest BCUT2D eigenvalue weighted by molar-refractivity contribution is 5.90. The van der Waals surface area contributed by atoms with Gasteiger partial charge in [-0.05, 0) is 36.4 Å². The van der Waals surface area contributed by atoms with Crippen molar-refractivity contribution >= 4 is 17.6 Å². The molecule has 1 amide bonds. The smallest absolute Gasteiger partial charge is 0.322 e. The second kappa shape index (κ2) is 7.58. The number of anilines is 2. The molecular formula is C18H18FN5O3. The van der Waals surface area contributed by atoms with Crippen molar-refractivity contribution < 1.29 is 18.0 Å². The van der Waals surface area contributed by atoms with Gasteiger partial charge in [0.15, 0.2) is 5.76 Å². The molecule has 0 saturated carbocycles. The lowest BCUT2D eigenvalue weighted by molar-refractivity contribution is -0.117. The van der Waals surface area contributed by atoms with Crippen molar-refractivity contribution in [3.8, 4) is 11.7 Å². The predicted octanol–water partition coefficient (Wildman–Crippen LogP) is 2.23. The van der Waals surface area contributed by atoms with Crippen LogP contribution < -0.4 is 10.2 Å². The molecule has 0 unspecified atom stereocenters. The van der Waals surface area contributed by atoms with Gasteiger partial charge in [-0.3, -0.25) is 15.0 Å². The van der Waals surface area contributed by atoms with Crippen LogP contribution in [0, 0.1) is 5.82 Å². The first-order valence-corrected chi connectivity index (χ1v) is 8.57. The third kappa shape index (κ3) is 4.14. The van der Waals surface area contributed by atoms with Gasteiger partial charge < -0.3 is 13.7 Å². The molecule has 4 rings (SSSR count). The van der Waals surface area contributed by atoms with Crippen LogP contribution in [-0.4, -0.2) is 53.7 Å². The molecule has 8 nitrogen and oxygen atoms in total. The number of carbonyl (C=O) groups excluding carboxylic acids is 1. The number of rotatable bonds is 5. The number of nitrogens with zero attached hydrogens (tertiary/aromatic N) is 4. The maximum Gasteiger partial charge on any atom is 0.322 e. The van der Waals surface area contributed by atoms with Crippen molar-refractivity contribution in [2.75, 3.05) is 42.9 Å². The molecule has 0 aliphatic carbocycles. The molecule has 0 radical (unpaired) electrons. The summed E-state index contributed by atoms with van der Waals surface area (Å²) in [5, 5.41) is 10.2. The summed E-state index contributed by atoms with van der Waals surface area (Å²) in [6.07, 6.45) is 1.50. The summed E-state index contributed by atoms with van der Waals surface area (Å²) in [6, 6.07) is 9.89. The Kier molecular flexibility index (Phi) is 4.84. The van der Waals surface area contributed by atoms with Crippen molar-refractivity contribution in [2.45, 2.75) is 0 Å². The van der Waals surface area contributed by atoms with Crippen LogP contribution in [0.4, 0.5) is 16.1 Å². The summed E-state index contributed by atoms with van der Waals surface area (Å²) in [7, 11) is 0. The van der Waals surface area contributed by atoms with E-state index < -0.39 is 0 Å². The Morgan fingerprint density at radius 1 is 1.11 bits per heavy atom. The Labute approximate surface area is 154 Å². The average molecular weight is 371 g/mol. The molecule has 27 heavy (non-hydrogen) atoms. The zero-order valence-electron chi connectivity index (χ0n) is 14.5. The standard InChI is InChI=1S/C18H18FN5O3/c19-13-3-5-14(6-4-13)24-9-7-23(8-10-24)12-16(25)20-18-22-21-17(27-18)15-2-1-11-26-15/h1-6,11H,7-10,12H2,(H,20,22,25). The van der Waals surface area contributed by atoms with E-state index in [2.05, 4.69) is 20.4 Å². The minimum atomic E-state index is -0.245. The number of halogens is 1. The normalized spacial score (nSPS) is 15.1. The average Bonchev–Trinajstić information content (AvgIpc) is 3.35. The molecule has 0 atom stereocenters. The first kappa shape index (κ1) is 17.2. The largest absolute Gasteiger partial charge is 0.459 e. The number of amides is 1. The van der Waals surface area contributed by atoms with Crippen LogP contribution in [0.1, 0.15) is 0 Å². The van der Waals surface area contributed by atoms with Gasteiger partial charge in [0.2, 0.25) is 5.91 Å². The van der Waals surface area contributed by atoms with Crippen molar-refractivity contribution in [1.82, 2.24) is 15.1 Å². The SMILES string of the molecule is O=C(CN1CCN(c2ccc(F)cc2)CC1)Nc1nnc(-c2ccco2)o1. The summed E-state index contributed by atoms with van der Waals surface area (Å²) in [4.78, 5) is 16.4. The van der Waals surface area contributed by atoms with E-state index in [-0.39, 0.29) is 30.2 Å². The fourth-order valence-corrected chi connectivity index (χ4v) is 2.95. The molecule has 1 aliphatic heterocycles. The van der Waals surface area contributed by atoms with Crippen LogP contribution in [0.25, 0.3) is 11.7 Å². The monoisotopic (exact) mass is 371 g/mol. The fourth-order valence-electron chi connectivity index (χ4n) is 2.95. The molecule has 1 fully saturated rings. The third-order valence-electron chi connectivity index (χ3n) is 4.33. The van der Waals surface area contributed by atoms with Gasteiger partial charge in [0, 0.05) is 31.9 Å². The van der Waals surface area contributed by atoms with E-state index in [4.69, 9.17) is 8.83 Å². The first-order valence-electron chi connectivity index (χ1n) is 8.57. The molecule has 3 heterocycles. The number of carbonyl (C=O) groups is 1. The van der Waals surface area contributed by atoms with E-state index in [0.717, 1.165) is 31.9 Å². The Bertz CT molecular complexity index is 886. The number of aromatic nitrogens is 2. The van der Waals surface area contributed by atoms with Crippen molar-refractivity contribution in [3.05, 3.63) is 48.5 Å². The van der Waals surface area contributed by atoms with Gasteiger partial charge in [0.25, 0.3) is 5.89 Å². The molecule has 3 aromatic rings. The quantitative estimate of drug-likeness (QED) is 0.736. The first-order chi connectivity index (χ1) is 13.2. The topological polar surface area (TPSA) is 87.6 Å². The van der Waals surface area contributed by atoms with Crippen LogP contribution in [-0.2, 0) is 4.79 Å². The molecule has 0 bridgehead atoms. The Morgan fingerprint density at radius 3 is 2.59 bits per heavy atom. The van der Waals surface area contributed by atoms with Gasteiger partial charge in [0.1, 0.15) is 5.82 Å². The van der Waals surface area contributed by atoms with E-state index in [9.17, 15) is 9.18 Å². The maximum absolute atomic E-state index is 13.0. The minimum Gasteiger partial charge on any atom is -0.459 e. The molecule has 0 spiro atoms. The number of hydrogen-bond acceptors (Lipinski definition) is 7. The van der Waals surface area contributed by atoms with Crippen molar-refractivity contribution in [3.63, 3.8) is 0 Å². The van der Waals surface area contributed by atoms with Crippen LogP contribution >= 0.6 is 0 Å². The van der Waals surface area contributed by atoms with Crippen LogP contribution in [0.5, 0.6) is 0 Å². The van der Waals surface area contributed by atoms with E-state index in [1.165, 1.54) is 18.4 Å². The summed E-state index contributed by atoms with van der Waals surface area (Å²) in [5.41, 5.74) is 0.983. The Morgan fingerprint density at radius 2 is 1.89 bits per heavy atom.